The van der Waals surface area contributed by atoms with Crippen molar-refractivity contribution < 1.29 is 9.53 Å². The lowest BCUT2D eigenvalue weighted by Gasteiger charge is -2.32. The second-order valence-electron chi connectivity index (χ2n) is 7.26. The van der Waals surface area contributed by atoms with Gasteiger partial charge in [0.1, 0.15) is 0 Å². The number of piperidine rings is 1. The van der Waals surface area contributed by atoms with Gasteiger partial charge in [-0.25, -0.2) is 4.79 Å². The van der Waals surface area contributed by atoms with E-state index in [1.54, 1.807) is 0 Å². The second-order valence-corrected chi connectivity index (χ2v) is 8.11. The molecule has 2 amide bonds. The average Bonchev–Trinajstić information content (AvgIpc) is 3.20. The van der Waals surface area contributed by atoms with Crippen LogP contribution < -0.4 is 10.6 Å². The Labute approximate surface area is 161 Å². The Hall–Kier alpha value is -1.24. The molecule has 0 aromatic heterocycles. The summed E-state index contributed by atoms with van der Waals surface area (Å²) >= 11 is 1.82. The van der Waals surface area contributed by atoms with Crippen LogP contribution in [0.3, 0.4) is 0 Å². The average molecular weight is 378 g/mol. The molecule has 144 valence electrons. The topological polar surface area (TPSA) is 53.6 Å². The highest BCUT2D eigenvalue weighted by Crippen LogP contribution is 2.24. The van der Waals surface area contributed by atoms with Crippen molar-refractivity contribution in [2.75, 3.05) is 39.0 Å². The number of ether oxygens (including phenoxy) is 1. The number of nitrogens with one attached hydrogen (secondary N) is 2. The zero-order valence-corrected chi connectivity index (χ0v) is 16.5. The van der Waals surface area contributed by atoms with Crippen LogP contribution in [-0.4, -0.2) is 56.1 Å². The van der Waals surface area contributed by atoms with Gasteiger partial charge in [0.25, 0.3) is 0 Å². The number of thioether (sulfide) groups is 1. The Morgan fingerprint density at radius 2 is 1.96 bits per heavy atom. The third kappa shape index (κ3) is 5.89. The van der Waals surface area contributed by atoms with Gasteiger partial charge in [0.15, 0.2) is 0 Å². The van der Waals surface area contributed by atoms with E-state index in [1.807, 2.05) is 11.8 Å². The molecule has 2 saturated heterocycles. The summed E-state index contributed by atoms with van der Waals surface area (Å²) in [7, 11) is 0. The largest absolute Gasteiger partial charge is 0.376 e. The molecule has 1 aromatic carbocycles. The summed E-state index contributed by atoms with van der Waals surface area (Å²) in [6.45, 7) is 5.46. The van der Waals surface area contributed by atoms with Crippen LogP contribution in [0.25, 0.3) is 0 Å². The van der Waals surface area contributed by atoms with Crippen molar-refractivity contribution in [2.45, 2.75) is 43.2 Å². The smallest absolute Gasteiger partial charge is 0.314 e. The SMILES string of the molecule is CSc1ccccc1CN1CCC(CNC(=O)NCC2CCCO2)CC1. The summed E-state index contributed by atoms with van der Waals surface area (Å²) in [5.41, 5.74) is 1.42. The number of benzene rings is 1. The predicted molar refractivity (Wildman–Crippen MR) is 107 cm³/mol. The third-order valence-corrected chi connectivity index (χ3v) is 6.20. The standard InChI is InChI=1S/C20H31N3O2S/c1-26-19-7-3-2-5-17(19)15-23-10-8-16(9-11-23)13-21-20(24)22-14-18-6-4-12-25-18/h2-3,5,7,16,18H,4,6,8-15H2,1H3,(H2,21,22,24). The van der Waals surface area contributed by atoms with E-state index >= 15 is 0 Å². The van der Waals surface area contributed by atoms with Crippen molar-refractivity contribution in [3.63, 3.8) is 0 Å². The van der Waals surface area contributed by atoms with Gasteiger partial charge in [-0.1, -0.05) is 18.2 Å². The summed E-state index contributed by atoms with van der Waals surface area (Å²) in [6.07, 6.45) is 6.79. The molecule has 6 heteroatoms. The van der Waals surface area contributed by atoms with Crippen LogP contribution in [0.4, 0.5) is 4.79 Å². The van der Waals surface area contributed by atoms with Gasteiger partial charge in [0, 0.05) is 31.1 Å². The Bertz CT molecular complexity index is 570. The van der Waals surface area contributed by atoms with Gasteiger partial charge in [-0.05, 0) is 62.6 Å². The lowest BCUT2D eigenvalue weighted by atomic mass is 9.96. The van der Waals surface area contributed by atoms with Crippen molar-refractivity contribution >= 4 is 17.8 Å². The van der Waals surface area contributed by atoms with E-state index in [0.717, 1.165) is 58.5 Å². The first-order chi connectivity index (χ1) is 12.7. The summed E-state index contributed by atoms with van der Waals surface area (Å²) in [6, 6.07) is 8.61. The monoisotopic (exact) mass is 377 g/mol. The normalized spacial score (nSPS) is 21.7. The molecule has 1 atom stereocenters. The quantitative estimate of drug-likeness (QED) is 0.717. The number of nitrogens with zero attached hydrogens (tertiary/aromatic N) is 1. The highest BCUT2D eigenvalue weighted by atomic mass is 32.2. The first-order valence-electron chi connectivity index (χ1n) is 9.72. The molecule has 0 spiro atoms. The lowest BCUT2D eigenvalue weighted by Crippen LogP contribution is -2.43. The fourth-order valence-electron chi connectivity index (χ4n) is 3.73. The molecule has 2 fully saturated rings. The summed E-state index contributed by atoms with van der Waals surface area (Å²) in [5, 5.41) is 5.96. The van der Waals surface area contributed by atoms with E-state index in [-0.39, 0.29) is 12.1 Å². The van der Waals surface area contributed by atoms with Crippen molar-refractivity contribution in [2.24, 2.45) is 5.92 Å². The molecular weight excluding hydrogens is 346 g/mol. The highest BCUT2D eigenvalue weighted by Gasteiger charge is 2.21. The molecule has 2 aliphatic rings. The van der Waals surface area contributed by atoms with Crippen LogP contribution in [-0.2, 0) is 11.3 Å². The molecule has 0 aliphatic carbocycles. The number of amides is 2. The molecule has 3 rings (SSSR count). The number of carbonyl (C=O) groups excluding carboxylic acids is 1. The molecule has 5 nitrogen and oxygen atoms in total. The lowest BCUT2D eigenvalue weighted by molar-refractivity contribution is 0.111. The maximum atomic E-state index is 11.9. The maximum absolute atomic E-state index is 11.9. The molecule has 1 unspecified atom stereocenters. The van der Waals surface area contributed by atoms with E-state index in [2.05, 4.69) is 46.1 Å². The number of carbonyl (C=O) groups is 1. The fourth-order valence-corrected chi connectivity index (χ4v) is 4.34. The predicted octanol–water partition coefficient (Wildman–Crippen LogP) is 3.10. The van der Waals surface area contributed by atoms with Crippen molar-refractivity contribution in [1.29, 1.82) is 0 Å². The molecule has 2 N–H and O–H groups in total. The number of rotatable bonds is 7. The van der Waals surface area contributed by atoms with Gasteiger partial charge in [0.2, 0.25) is 0 Å². The third-order valence-electron chi connectivity index (χ3n) is 5.36. The molecule has 2 aliphatic heterocycles. The molecule has 0 saturated carbocycles. The summed E-state index contributed by atoms with van der Waals surface area (Å²) in [5.74, 6) is 0.579. The Morgan fingerprint density at radius 3 is 2.69 bits per heavy atom. The van der Waals surface area contributed by atoms with Gasteiger partial charge in [0.05, 0.1) is 6.10 Å². The van der Waals surface area contributed by atoms with Crippen LogP contribution in [0.5, 0.6) is 0 Å². The van der Waals surface area contributed by atoms with E-state index in [1.165, 1.54) is 10.5 Å². The molecule has 26 heavy (non-hydrogen) atoms. The fraction of sp³-hybridized carbons (Fsp3) is 0.650. The second kappa shape index (κ2) is 10.2. The van der Waals surface area contributed by atoms with Crippen LogP contribution in [0.1, 0.15) is 31.2 Å². The van der Waals surface area contributed by atoms with Crippen LogP contribution in [0.15, 0.2) is 29.2 Å². The first kappa shape index (κ1) is 19.5. The van der Waals surface area contributed by atoms with E-state index in [0.29, 0.717) is 12.5 Å². The molecule has 0 bridgehead atoms. The highest BCUT2D eigenvalue weighted by molar-refractivity contribution is 7.98. The van der Waals surface area contributed by atoms with Gasteiger partial charge >= 0.3 is 6.03 Å². The number of hydrogen-bond acceptors (Lipinski definition) is 4. The van der Waals surface area contributed by atoms with Crippen LogP contribution in [0.2, 0.25) is 0 Å². The van der Waals surface area contributed by atoms with Gasteiger partial charge in [-0.3, -0.25) is 4.90 Å². The van der Waals surface area contributed by atoms with E-state index in [9.17, 15) is 4.79 Å². The van der Waals surface area contributed by atoms with Crippen LogP contribution >= 0.6 is 11.8 Å². The summed E-state index contributed by atoms with van der Waals surface area (Å²) in [4.78, 5) is 15.8. The minimum absolute atomic E-state index is 0.0585. The zero-order chi connectivity index (χ0) is 18.2. The van der Waals surface area contributed by atoms with Gasteiger partial charge < -0.3 is 15.4 Å². The van der Waals surface area contributed by atoms with E-state index < -0.39 is 0 Å². The van der Waals surface area contributed by atoms with Crippen LogP contribution in [0, 0.1) is 5.92 Å². The molecular formula is C20H31N3O2S. The van der Waals surface area contributed by atoms with Gasteiger partial charge in [-0.15, -0.1) is 11.8 Å². The maximum Gasteiger partial charge on any atom is 0.314 e. The minimum atomic E-state index is -0.0585. The number of urea groups is 1. The number of hydrogen-bond donors (Lipinski definition) is 2. The first-order valence-corrected chi connectivity index (χ1v) is 10.9. The number of likely N-dealkylation sites (tertiary alicyclic amines) is 1. The Kier molecular flexibility index (Phi) is 7.65. The van der Waals surface area contributed by atoms with E-state index in [4.69, 9.17) is 4.74 Å². The minimum Gasteiger partial charge on any atom is -0.376 e. The summed E-state index contributed by atoms with van der Waals surface area (Å²) < 4.78 is 5.53. The van der Waals surface area contributed by atoms with Gasteiger partial charge in [-0.2, -0.15) is 0 Å². The molecule has 1 aromatic rings. The Morgan fingerprint density at radius 1 is 1.19 bits per heavy atom. The Balaban J connectivity index is 1.32. The zero-order valence-electron chi connectivity index (χ0n) is 15.7. The van der Waals surface area contributed by atoms with Crippen molar-refractivity contribution in [3.8, 4) is 0 Å². The molecule has 0 radical (unpaired) electrons. The van der Waals surface area contributed by atoms with Crippen molar-refractivity contribution in [1.82, 2.24) is 15.5 Å². The van der Waals surface area contributed by atoms with Crippen molar-refractivity contribution in [3.05, 3.63) is 29.8 Å². The molecule has 2 heterocycles.